The number of urea groups is 1. The molecule has 148 valence electrons. The number of nitrogens with zero attached hydrogens (tertiary/aromatic N) is 1. The van der Waals surface area contributed by atoms with Crippen LogP contribution in [0.4, 0.5) is 14.9 Å². The summed E-state index contributed by atoms with van der Waals surface area (Å²) in [6.45, 7) is 3.11. The number of carbonyl (C=O) groups is 1. The molecule has 2 aliphatic rings. The predicted octanol–water partition coefficient (Wildman–Crippen LogP) is 4.84. The summed E-state index contributed by atoms with van der Waals surface area (Å²) >= 11 is 0. The van der Waals surface area contributed by atoms with E-state index in [0.717, 1.165) is 19.4 Å². The molecule has 1 unspecified atom stereocenters. The van der Waals surface area contributed by atoms with Gasteiger partial charge < -0.3 is 10.6 Å². The second-order valence-electron chi connectivity index (χ2n) is 8.17. The number of piperidine rings is 2. The minimum atomic E-state index is -0.306. The van der Waals surface area contributed by atoms with Crippen molar-refractivity contribution < 1.29 is 9.18 Å². The first-order chi connectivity index (χ1) is 13.6. The standard InChI is InChI=1S/C23H28FN3O/c1-16-5-7-17(8-6-16)15-27-21-3-2-4-22(27)14-20(13-21)26-23(28)25-19-11-9-18(24)10-12-19/h5-12,20-22H,2-4,13-15H2,1H3,(H2,25,26,28)/t20?,21-,22+. The third kappa shape index (κ3) is 4.53. The van der Waals surface area contributed by atoms with E-state index < -0.39 is 0 Å². The molecule has 0 aliphatic carbocycles. The lowest BCUT2D eigenvalue weighted by Gasteiger charge is -2.49. The second kappa shape index (κ2) is 8.31. The fourth-order valence-electron chi connectivity index (χ4n) is 4.64. The predicted molar refractivity (Wildman–Crippen MR) is 110 cm³/mol. The van der Waals surface area contributed by atoms with Gasteiger partial charge in [0, 0.05) is 30.4 Å². The van der Waals surface area contributed by atoms with E-state index in [9.17, 15) is 9.18 Å². The molecule has 2 amide bonds. The molecular formula is C23H28FN3O. The third-order valence-corrected chi connectivity index (χ3v) is 6.05. The highest BCUT2D eigenvalue weighted by molar-refractivity contribution is 5.89. The van der Waals surface area contributed by atoms with Gasteiger partial charge in [0.25, 0.3) is 0 Å². The van der Waals surface area contributed by atoms with Gasteiger partial charge in [-0.25, -0.2) is 9.18 Å². The number of nitrogens with one attached hydrogen (secondary N) is 2. The molecule has 2 aliphatic heterocycles. The normalized spacial score (nSPS) is 24.6. The highest BCUT2D eigenvalue weighted by Gasteiger charge is 2.38. The van der Waals surface area contributed by atoms with Crippen LogP contribution in [0.2, 0.25) is 0 Å². The van der Waals surface area contributed by atoms with Gasteiger partial charge >= 0.3 is 6.03 Å². The quantitative estimate of drug-likeness (QED) is 0.796. The van der Waals surface area contributed by atoms with Crippen molar-refractivity contribution in [3.63, 3.8) is 0 Å². The summed E-state index contributed by atoms with van der Waals surface area (Å²) in [6.07, 6.45) is 5.63. The van der Waals surface area contributed by atoms with Crippen molar-refractivity contribution in [2.24, 2.45) is 0 Å². The van der Waals surface area contributed by atoms with Gasteiger partial charge in [0.1, 0.15) is 5.82 Å². The summed E-state index contributed by atoms with van der Waals surface area (Å²) in [5.41, 5.74) is 3.26. The molecule has 2 aromatic carbocycles. The summed E-state index contributed by atoms with van der Waals surface area (Å²) in [7, 11) is 0. The fraction of sp³-hybridized carbons (Fsp3) is 0.435. The molecule has 0 aromatic heterocycles. The van der Waals surface area contributed by atoms with Crippen molar-refractivity contribution in [2.75, 3.05) is 5.32 Å². The molecule has 2 aromatic rings. The molecule has 28 heavy (non-hydrogen) atoms. The lowest BCUT2D eigenvalue weighted by molar-refractivity contribution is 0.0200. The number of benzene rings is 2. The molecule has 0 radical (unpaired) electrons. The van der Waals surface area contributed by atoms with E-state index in [1.807, 2.05) is 0 Å². The van der Waals surface area contributed by atoms with Gasteiger partial charge in [-0.1, -0.05) is 36.2 Å². The molecule has 4 rings (SSSR count). The van der Waals surface area contributed by atoms with E-state index in [-0.39, 0.29) is 17.9 Å². The van der Waals surface area contributed by atoms with Crippen molar-refractivity contribution in [3.05, 3.63) is 65.5 Å². The lowest BCUT2D eigenvalue weighted by atomic mass is 9.81. The highest BCUT2D eigenvalue weighted by Crippen LogP contribution is 2.35. The molecule has 2 heterocycles. The van der Waals surface area contributed by atoms with Crippen LogP contribution in [0.15, 0.2) is 48.5 Å². The zero-order valence-electron chi connectivity index (χ0n) is 16.3. The first-order valence-corrected chi connectivity index (χ1v) is 10.2. The van der Waals surface area contributed by atoms with Crippen molar-refractivity contribution in [1.82, 2.24) is 10.2 Å². The van der Waals surface area contributed by atoms with Crippen LogP contribution in [-0.4, -0.2) is 29.1 Å². The molecule has 4 nitrogen and oxygen atoms in total. The number of hydrogen-bond donors (Lipinski definition) is 2. The van der Waals surface area contributed by atoms with E-state index in [0.29, 0.717) is 17.8 Å². The van der Waals surface area contributed by atoms with Gasteiger partial charge in [-0.2, -0.15) is 0 Å². The summed E-state index contributed by atoms with van der Waals surface area (Å²) in [4.78, 5) is 15.0. The Morgan fingerprint density at radius 3 is 2.32 bits per heavy atom. The molecule has 0 saturated carbocycles. The monoisotopic (exact) mass is 381 g/mol. The number of hydrogen-bond acceptors (Lipinski definition) is 2. The van der Waals surface area contributed by atoms with Crippen LogP contribution in [0.5, 0.6) is 0 Å². The van der Waals surface area contributed by atoms with Crippen LogP contribution >= 0.6 is 0 Å². The first-order valence-electron chi connectivity index (χ1n) is 10.2. The van der Waals surface area contributed by atoms with E-state index >= 15 is 0 Å². The summed E-state index contributed by atoms with van der Waals surface area (Å²) in [6, 6.07) is 15.7. The van der Waals surface area contributed by atoms with Crippen LogP contribution in [-0.2, 0) is 6.54 Å². The average molecular weight is 381 g/mol. The third-order valence-electron chi connectivity index (χ3n) is 6.05. The molecule has 3 atom stereocenters. The number of amides is 2. The van der Waals surface area contributed by atoms with Gasteiger partial charge in [-0.15, -0.1) is 0 Å². The van der Waals surface area contributed by atoms with E-state index in [4.69, 9.17) is 0 Å². The maximum absolute atomic E-state index is 13.0. The van der Waals surface area contributed by atoms with Crippen LogP contribution in [0, 0.1) is 12.7 Å². The van der Waals surface area contributed by atoms with Crippen LogP contribution in [0.25, 0.3) is 0 Å². The zero-order valence-corrected chi connectivity index (χ0v) is 16.3. The molecule has 2 fully saturated rings. The summed E-state index contributed by atoms with van der Waals surface area (Å²) in [5.74, 6) is -0.306. The Morgan fingerprint density at radius 1 is 1.04 bits per heavy atom. The lowest BCUT2D eigenvalue weighted by Crippen LogP contribution is -2.56. The Balaban J connectivity index is 1.35. The van der Waals surface area contributed by atoms with Crippen LogP contribution < -0.4 is 10.6 Å². The van der Waals surface area contributed by atoms with E-state index in [1.54, 1.807) is 12.1 Å². The second-order valence-corrected chi connectivity index (χ2v) is 8.17. The summed E-state index contributed by atoms with van der Waals surface area (Å²) in [5, 5.41) is 5.94. The molecule has 2 saturated heterocycles. The van der Waals surface area contributed by atoms with Crippen molar-refractivity contribution in [1.29, 1.82) is 0 Å². The van der Waals surface area contributed by atoms with E-state index in [1.165, 1.54) is 42.5 Å². The summed E-state index contributed by atoms with van der Waals surface area (Å²) < 4.78 is 13.0. The average Bonchev–Trinajstić information content (AvgIpc) is 2.66. The van der Waals surface area contributed by atoms with Crippen molar-refractivity contribution >= 4 is 11.7 Å². The largest absolute Gasteiger partial charge is 0.335 e. The van der Waals surface area contributed by atoms with Crippen molar-refractivity contribution in [2.45, 2.75) is 63.7 Å². The maximum Gasteiger partial charge on any atom is 0.319 e. The zero-order chi connectivity index (χ0) is 19.5. The van der Waals surface area contributed by atoms with Gasteiger partial charge in [0.2, 0.25) is 0 Å². The minimum absolute atomic E-state index is 0.185. The van der Waals surface area contributed by atoms with Gasteiger partial charge in [0.05, 0.1) is 0 Å². The number of aryl methyl sites for hydroxylation is 1. The molecule has 5 heteroatoms. The topological polar surface area (TPSA) is 44.4 Å². The van der Waals surface area contributed by atoms with Crippen LogP contribution in [0.3, 0.4) is 0 Å². The number of fused-ring (bicyclic) bond motifs is 2. The highest BCUT2D eigenvalue weighted by atomic mass is 19.1. The Labute approximate surface area is 166 Å². The molecular weight excluding hydrogens is 353 g/mol. The Hall–Kier alpha value is -2.40. The molecule has 2 bridgehead atoms. The Morgan fingerprint density at radius 2 is 1.68 bits per heavy atom. The van der Waals surface area contributed by atoms with E-state index in [2.05, 4.69) is 46.7 Å². The number of rotatable bonds is 4. The van der Waals surface area contributed by atoms with Gasteiger partial charge in [-0.05, 0) is 62.4 Å². The maximum atomic E-state index is 13.0. The van der Waals surface area contributed by atoms with Gasteiger partial charge in [0.15, 0.2) is 0 Å². The minimum Gasteiger partial charge on any atom is -0.335 e. The Bertz CT molecular complexity index is 792. The SMILES string of the molecule is Cc1ccc(CN2[C@@H]3CCC[C@H]2CC(NC(=O)Nc2ccc(F)cc2)C3)cc1. The number of carbonyl (C=O) groups excluding carboxylic acids is 1. The number of halogens is 1. The van der Waals surface area contributed by atoms with Crippen LogP contribution in [0.1, 0.15) is 43.2 Å². The first kappa shape index (κ1) is 18.9. The molecule has 2 N–H and O–H groups in total. The Kier molecular flexibility index (Phi) is 5.62. The smallest absolute Gasteiger partial charge is 0.319 e. The number of anilines is 1. The van der Waals surface area contributed by atoms with Crippen molar-refractivity contribution in [3.8, 4) is 0 Å². The van der Waals surface area contributed by atoms with Gasteiger partial charge in [-0.3, -0.25) is 4.90 Å². The fourth-order valence-corrected chi connectivity index (χ4v) is 4.64. The molecule has 0 spiro atoms.